The molecule has 0 radical (unpaired) electrons. The summed E-state index contributed by atoms with van der Waals surface area (Å²) in [6, 6.07) is 14.2. The van der Waals surface area contributed by atoms with Crippen LogP contribution < -0.4 is 0 Å². The highest BCUT2D eigenvalue weighted by Crippen LogP contribution is 2.35. The van der Waals surface area contributed by atoms with Crippen molar-refractivity contribution >= 4 is 33.1 Å². The number of allylic oxidation sites excluding steroid dienone is 1. The van der Waals surface area contributed by atoms with Crippen LogP contribution >= 0.6 is 27.5 Å². The molecule has 0 fully saturated rings. The maximum Gasteiger partial charge on any atom is 0.143 e. The van der Waals surface area contributed by atoms with Gasteiger partial charge < -0.3 is 9.64 Å². The van der Waals surface area contributed by atoms with Gasteiger partial charge in [-0.3, -0.25) is 0 Å². The van der Waals surface area contributed by atoms with Gasteiger partial charge in [-0.05, 0) is 53.2 Å². The van der Waals surface area contributed by atoms with E-state index in [1.165, 1.54) is 5.56 Å². The fourth-order valence-electron chi connectivity index (χ4n) is 3.40. The SMILES string of the molecule is COC1=CN(C(C)c2cccc(Br)c2)CC=C1c1cc(Cl)ccc1-n1cnnn1. The van der Waals surface area contributed by atoms with E-state index in [1.54, 1.807) is 18.1 Å². The number of methoxy groups -OCH3 is 1. The van der Waals surface area contributed by atoms with Crippen molar-refractivity contribution in [3.8, 4) is 5.69 Å². The number of aromatic nitrogens is 4. The second-order valence-electron chi connectivity index (χ2n) is 6.66. The number of benzene rings is 2. The Morgan fingerprint density at radius 3 is 2.79 bits per heavy atom. The number of tetrazole rings is 1. The van der Waals surface area contributed by atoms with Crippen molar-refractivity contribution in [2.24, 2.45) is 0 Å². The van der Waals surface area contributed by atoms with Gasteiger partial charge in [0.25, 0.3) is 0 Å². The molecule has 2 heterocycles. The molecule has 2 aromatic carbocycles. The molecule has 1 unspecified atom stereocenters. The quantitative estimate of drug-likeness (QED) is 0.521. The third-order valence-electron chi connectivity index (χ3n) is 4.95. The second kappa shape index (κ2) is 8.39. The third kappa shape index (κ3) is 4.06. The van der Waals surface area contributed by atoms with Gasteiger partial charge in [0, 0.05) is 33.4 Å². The van der Waals surface area contributed by atoms with Crippen molar-refractivity contribution in [1.82, 2.24) is 25.1 Å². The fraction of sp³-hybridized carbons (Fsp3) is 0.190. The smallest absolute Gasteiger partial charge is 0.143 e. The zero-order chi connectivity index (χ0) is 20.4. The Hall–Kier alpha value is -2.64. The monoisotopic (exact) mass is 471 g/mol. The molecule has 0 bridgehead atoms. The number of rotatable bonds is 5. The van der Waals surface area contributed by atoms with Crippen molar-refractivity contribution in [2.45, 2.75) is 13.0 Å². The van der Waals surface area contributed by atoms with Crippen LogP contribution in [0.3, 0.4) is 0 Å². The molecule has 1 aliphatic rings. The standard InChI is InChI=1S/C21H19BrClN5O/c1-14(15-4-3-5-16(22)10-15)27-9-8-18(21(12-27)29-2)19-11-17(23)6-7-20(19)28-13-24-25-26-28/h3-8,10-14H,9H2,1-2H3. The summed E-state index contributed by atoms with van der Waals surface area (Å²) < 4.78 is 8.44. The molecular formula is C21H19BrClN5O. The summed E-state index contributed by atoms with van der Waals surface area (Å²) >= 11 is 9.85. The summed E-state index contributed by atoms with van der Waals surface area (Å²) in [5, 5.41) is 12.1. The maximum atomic E-state index is 6.30. The summed E-state index contributed by atoms with van der Waals surface area (Å²) in [4.78, 5) is 2.24. The molecule has 3 aromatic rings. The van der Waals surface area contributed by atoms with Crippen LogP contribution in [-0.4, -0.2) is 38.8 Å². The lowest BCUT2D eigenvalue weighted by Crippen LogP contribution is -2.25. The molecule has 0 amide bonds. The Morgan fingerprint density at radius 2 is 2.07 bits per heavy atom. The topological polar surface area (TPSA) is 56.1 Å². The highest BCUT2D eigenvalue weighted by atomic mass is 79.9. The summed E-state index contributed by atoms with van der Waals surface area (Å²) in [6.07, 6.45) is 5.76. The number of hydrogen-bond donors (Lipinski definition) is 0. The van der Waals surface area contributed by atoms with E-state index in [1.807, 2.05) is 36.5 Å². The Labute approximate surface area is 182 Å². The lowest BCUT2D eigenvalue weighted by molar-refractivity contribution is 0.265. The van der Waals surface area contributed by atoms with Crippen LogP contribution in [0.25, 0.3) is 11.3 Å². The molecule has 1 aliphatic heterocycles. The van der Waals surface area contributed by atoms with E-state index in [2.05, 4.69) is 61.5 Å². The van der Waals surface area contributed by atoms with Crippen LogP contribution in [0.1, 0.15) is 24.1 Å². The van der Waals surface area contributed by atoms with Gasteiger partial charge in [0.2, 0.25) is 0 Å². The first-order valence-electron chi connectivity index (χ1n) is 9.07. The number of hydrogen-bond acceptors (Lipinski definition) is 5. The minimum Gasteiger partial charge on any atom is -0.495 e. The van der Waals surface area contributed by atoms with E-state index in [9.17, 15) is 0 Å². The highest BCUT2D eigenvalue weighted by molar-refractivity contribution is 9.10. The molecule has 0 saturated heterocycles. The lowest BCUT2D eigenvalue weighted by Gasteiger charge is -2.32. The zero-order valence-corrected chi connectivity index (χ0v) is 18.3. The first-order valence-corrected chi connectivity index (χ1v) is 10.2. The van der Waals surface area contributed by atoms with Gasteiger partial charge in [0.05, 0.1) is 18.8 Å². The largest absolute Gasteiger partial charge is 0.495 e. The van der Waals surface area contributed by atoms with Crippen LogP contribution in [-0.2, 0) is 4.74 Å². The summed E-state index contributed by atoms with van der Waals surface area (Å²) in [6.45, 7) is 2.91. The molecule has 29 heavy (non-hydrogen) atoms. The molecule has 148 valence electrons. The van der Waals surface area contributed by atoms with Gasteiger partial charge in [-0.2, -0.15) is 4.68 Å². The van der Waals surface area contributed by atoms with Crippen LogP contribution in [0.2, 0.25) is 5.02 Å². The van der Waals surface area contributed by atoms with Crippen molar-refractivity contribution in [2.75, 3.05) is 13.7 Å². The van der Waals surface area contributed by atoms with Crippen LogP contribution in [0.4, 0.5) is 0 Å². The van der Waals surface area contributed by atoms with Gasteiger partial charge in [-0.25, -0.2) is 0 Å². The lowest BCUT2D eigenvalue weighted by atomic mass is 9.98. The van der Waals surface area contributed by atoms with Gasteiger partial charge in [0.15, 0.2) is 0 Å². The van der Waals surface area contributed by atoms with Crippen LogP contribution in [0.5, 0.6) is 0 Å². The Balaban J connectivity index is 1.69. The minimum atomic E-state index is 0.189. The first kappa shape index (κ1) is 19.7. The molecule has 0 aliphatic carbocycles. The number of ether oxygens (including phenoxy) is 1. The summed E-state index contributed by atoms with van der Waals surface area (Å²) in [5.74, 6) is 0.759. The molecular weight excluding hydrogens is 454 g/mol. The number of halogens is 2. The second-order valence-corrected chi connectivity index (χ2v) is 8.01. The molecule has 8 heteroatoms. The van der Waals surface area contributed by atoms with Crippen molar-refractivity contribution < 1.29 is 4.74 Å². The van der Waals surface area contributed by atoms with E-state index in [0.29, 0.717) is 5.02 Å². The zero-order valence-electron chi connectivity index (χ0n) is 16.0. The van der Waals surface area contributed by atoms with Gasteiger partial charge in [-0.15, -0.1) is 5.10 Å². The van der Waals surface area contributed by atoms with E-state index in [0.717, 1.165) is 33.6 Å². The van der Waals surface area contributed by atoms with Gasteiger partial charge >= 0.3 is 0 Å². The van der Waals surface area contributed by atoms with Crippen LogP contribution in [0.15, 0.2) is 71.3 Å². The van der Waals surface area contributed by atoms with Crippen molar-refractivity contribution in [3.05, 3.63) is 87.4 Å². The normalized spacial score (nSPS) is 15.0. The Morgan fingerprint density at radius 1 is 1.21 bits per heavy atom. The van der Waals surface area contributed by atoms with E-state index < -0.39 is 0 Å². The fourth-order valence-corrected chi connectivity index (χ4v) is 3.99. The average Bonchev–Trinajstić information content (AvgIpc) is 3.27. The third-order valence-corrected chi connectivity index (χ3v) is 5.68. The summed E-state index contributed by atoms with van der Waals surface area (Å²) in [7, 11) is 1.67. The molecule has 1 atom stereocenters. The van der Waals surface area contributed by atoms with E-state index in [4.69, 9.17) is 16.3 Å². The van der Waals surface area contributed by atoms with Crippen molar-refractivity contribution in [1.29, 1.82) is 0 Å². The molecule has 0 saturated carbocycles. The number of nitrogens with zero attached hydrogens (tertiary/aromatic N) is 5. The Kier molecular flexibility index (Phi) is 5.69. The van der Waals surface area contributed by atoms with E-state index in [-0.39, 0.29) is 6.04 Å². The van der Waals surface area contributed by atoms with Gasteiger partial charge in [-0.1, -0.05) is 45.7 Å². The molecule has 4 rings (SSSR count). The molecule has 1 aromatic heterocycles. The predicted octanol–water partition coefficient (Wildman–Crippen LogP) is 5.03. The molecule has 6 nitrogen and oxygen atoms in total. The van der Waals surface area contributed by atoms with E-state index >= 15 is 0 Å². The van der Waals surface area contributed by atoms with Crippen LogP contribution in [0, 0.1) is 0 Å². The maximum absolute atomic E-state index is 6.30. The predicted molar refractivity (Wildman–Crippen MR) is 116 cm³/mol. The first-order chi connectivity index (χ1) is 14.1. The Bertz CT molecular complexity index is 1080. The minimum absolute atomic E-state index is 0.189. The van der Waals surface area contributed by atoms with Crippen molar-refractivity contribution in [3.63, 3.8) is 0 Å². The average molecular weight is 473 g/mol. The molecule has 0 N–H and O–H groups in total. The van der Waals surface area contributed by atoms with Gasteiger partial charge in [0.1, 0.15) is 12.1 Å². The highest BCUT2D eigenvalue weighted by Gasteiger charge is 2.23. The molecule has 0 spiro atoms. The summed E-state index contributed by atoms with van der Waals surface area (Å²) in [5.41, 5.74) is 3.92.